The Kier molecular flexibility index (Phi) is 8.08. The number of hydrogen-bond acceptors (Lipinski definition) is 2. The molecule has 0 aliphatic carbocycles. The number of hydrogen-bond donors (Lipinski definition) is 1. The molecule has 0 saturated carbocycles. The zero-order valence-corrected chi connectivity index (χ0v) is 13.2. The van der Waals surface area contributed by atoms with Crippen LogP contribution in [0.3, 0.4) is 0 Å². The maximum atomic E-state index is 3.80. The topological polar surface area (TPSA) is 12.0 Å². The van der Waals surface area contributed by atoms with Crippen molar-refractivity contribution in [3.63, 3.8) is 0 Å². The SMILES string of the molecule is C=CCCCCCC(NCCC)C1(C)CCCS1. The van der Waals surface area contributed by atoms with Gasteiger partial charge < -0.3 is 5.32 Å². The molecule has 2 atom stereocenters. The summed E-state index contributed by atoms with van der Waals surface area (Å²) >= 11 is 2.19. The summed E-state index contributed by atoms with van der Waals surface area (Å²) in [5.41, 5.74) is 0. The molecule has 0 spiro atoms. The summed E-state index contributed by atoms with van der Waals surface area (Å²) in [7, 11) is 0. The molecular formula is C16H31NS. The molecule has 106 valence electrons. The Morgan fingerprint density at radius 3 is 2.83 bits per heavy atom. The van der Waals surface area contributed by atoms with Gasteiger partial charge in [-0.05, 0) is 57.7 Å². The molecule has 0 aromatic carbocycles. The number of unbranched alkanes of at least 4 members (excludes halogenated alkanes) is 3. The summed E-state index contributed by atoms with van der Waals surface area (Å²) < 4.78 is 0.494. The third-order valence-electron chi connectivity index (χ3n) is 4.03. The van der Waals surface area contributed by atoms with Gasteiger partial charge in [0.2, 0.25) is 0 Å². The average molecular weight is 269 g/mol. The molecule has 0 radical (unpaired) electrons. The van der Waals surface area contributed by atoms with Crippen LogP contribution in [0.2, 0.25) is 0 Å². The Hall–Kier alpha value is 0.0500. The highest BCUT2D eigenvalue weighted by molar-refractivity contribution is 8.00. The van der Waals surface area contributed by atoms with Crippen molar-refractivity contribution in [3.8, 4) is 0 Å². The Bertz CT molecular complexity index is 221. The minimum absolute atomic E-state index is 0.494. The maximum absolute atomic E-state index is 3.80. The number of rotatable bonds is 10. The van der Waals surface area contributed by atoms with Crippen LogP contribution >= 0.6 is 11.8 Å². The molecule has 1 aliphatic heterocycles. The molecule has 1 heterocycles. The van der Waals surface area contributed by atoms with E-state index in [9.17, 15) is 0 Å². The van der Waals surface area contributed by atoms with E-state index in [0.29, 0.717) is 10.8 Å². The van der Waals surface area contributed by atoms with E-state index in [1.807, 2.05) is 6.08 Å². The zero-order chi connectivity index (χ0) is 13.3. The molecule has 1 N–H and O–H groups in total. The molecule has 1 nitrogen and oxygen atoms in total. The molecule has 2 heteroatoms. The fraction of sp³-hybridized carbons (Fsp3) is 0.875. The predicted octanol–water partition coefficient (Wildman–Crippen LogP) is 4.78. The summed E-state index contributed by atoms with van der Waals surface area (Å²) in [4.78, 5) is 0. The summed E-state index contributed by atoms with van der Waals surface area (Å²) in [6.07, 6.45) is 12.7. The molecule has 1 fully saturated rings. The molecule has 0 bridgehead atoms. The lowest BCUT2D eigenvalue weighted by molar-refractivity contribution is 0.369. The first-order valence-corrected chi connectivity index (χ1v) is 8.69. The van der Waals surface area contributed by atoms with Crippen LogP contribution in [-0.4, -0.2) is 23.1 Å². The van der Waals surface area contributed by atoms with Crippen LogP contribution < -0.4 is 5.32 Å². The van der Waals surface area contributed by atoms with Crippen LogP contribution in [0, 0.1) is 0 Å². The second kappa shape index (κ2) is 9.03. The van der Waals surface area contributed by atoms with Gasteiger partial charge in [-0.1, -0.05) is 25.8 Å². The Morgan fingerprint density at radius 2 is 2.22 bits per heavy atom. The first-order chi connectivity index (χ1) is 8.73. The Morgan fingerprint density at radius 1 is 1.39 bits per heavy atom. The van der Waals surface area contributed by atoms with E-state index >= 15 is 0 Å². The average Bonchev–Trinajstić information content (AvgIpc) is 2.80. The highest BCUT2D eigenvalue weighted by atomic mass is 32.2. The monoisotopic (exact) mass is 269 g/mol. The molecule has 1 rings (SSSR count). The fourth-order valence-corrected chi connectivity index (χ4v) is 4.28. The molecule has 2 unspecified atom stereocenters. The van der Waals surface area contributed by atoms with Gasteiger partial charge >= 0.3 is 0 Å². The minimum atomic E-state index is 0.494. The lowest BCUT2D eigenvalue weighted by Crippen LogP contribution is -2.45. The normalized spacial score (nSPS) is 25.2. The van der Waals surface area contributed by atoms with Gasteiger partial charge in [-0.25, -0.2) is 0 Å². The van der Waals surface area contributed by atoms with Gasteiger partial charge in [0, 0.05) is 10.8 Å². The van der Waals surface area contributed by atoms with Crippen molar-refractivity contribution < 1.29 is 0 Å². The molecule has 0 aromatic heterocycles. The Balaban J connectivity index is 2.32. The van der Waals surface area contributed by atoms with Gasteiger partial charge in [0.25, 0.3) is 0 Å². The van der Waals surface area contributed by atoms with Crippen LogP contribution in [-0.2, 0) is 0 Å². The van der Waals surface area contributed by atoms with Crippen LogP contribution in [0.4, 0.5) is 0 Å². The summed E-state index contributed by atoms with van der Waals surface area (Å²) in [5, 5.41) is 3.80. The third-order valence-corrected chi connectivity index (χ3v) is 5.67. The van der Waals surface area contributed by atoms with Crippen LogP contribution in [0.15, 0.2) is 12.7 Å². The second-order valence-electron chi connectivity index (χ2n) is 5.70. The van der Waals surface area contributed by atoms with E-state index in [0.717, 1.165) is 0 Å². The van der Waals surface area contributed by atoms with Crippen molar-refractivity contribution in [2.45, 2.75) is 76.0 Å². The van der Waals surface area contributed by atoms with Crippen molar-refractivity contribution in [2.24, 2.45) is 0 Å². The Labute approximate surface area is 118 Å². The summed E-state index contributed by atoms with van der Waals surface area (Å²) in [6.45, 7) is 9.70. The van der Waals surface area contributed by atoms with Crippen molar-refractivity contribution >= 4 is 11.8 Å². The first-order valence-electron chi connectivity index (χ1n) is 7.71. The van der Waals surface area contributed by atoms with E-state index in [4.69, 9.17) is 0 Å². The highest BCUT2D eigenvalue weighted by Gasteiger charge is 2.36. The lowest BCUT2D eigenvalue weighted by Gasteiger charge is -2.34. The maximum Gasteiger partial charge on any atom is 0.0285 e. The van der Waals surface area contributed by atoms with Gasteiger partial charge in [0.15, 0.2) is 0 Å². The lowest BCUT2D eigenvalue weighted by atomic mass is 9.91. The first kappa shape index (κ1) is 16.1. The molecule has 0 amide bonds. The van der Waals surface area contributed by atoms with E-state index in [1.54, 1.807) is 0 Å². The largest absolute Gasteiger partial charge is 0.313 e. The quantitative estimate of drug-likeness (QED) is 0.452. The van der Waals surface area contributed by atoms with Gasteiger partial charge in [-0.3, -0.25) is 0 Å². The third kappa shape index (κ3) is 5.36. The van der Waals surface area contributed by atoms with Crippen LogP contribution in [0.5, 0.6) is 0 Å². The highest BCUT2D eigenvalue weighted by Crippen LogP contribution is 2.41. The number of thioether (sulfide) groups is 1. The molecule has 18 heavy (non-hydrogen) atoms. The van der Waals surface area contributed by atoms with Gasteiger partial charge in [0.05, 0.1) is 0 Å². The number of allylic oxidation sites excluding steroid dienone is 1. The smallest absolute Gasteiger partial charge is 0.0285 e. The van der Waals surface area contributed by atoms with E-state index in [-0.39, 0.29) is 0 Å². The second-order valence-corrected chi connectivity index (χ2v) is 7.33. The van der Waals surface area contributed by atoms with Gasteiger partial charge in [-0.15, -0.1) is 6.58 Å². The number of nitrogens with one attached hydrogen (secondary N) is 1. The van der Waals surface area contributed by atoms with E-state index in [2.05, 4.69) is 37.5 Å². The van der Waals surface area contributed by atoms with Crippen molar-refractivity contribution in [1.29, 1.82) is 0 Å². The molecule has 1 saturated heterocycles. The predicted molar refractivity (Wildman–Crippen MR) is 85.5 cm³/mol. The van der Waals surface area contributed by atoms with Crippen molar-refractivity contribution in [3.05, 3.63) is 12.7 Å². The summed E-state index contributed by atoms with van der Waals surface area (Å²) in [5.74, 6) is 1.36. The van der Waals surface area contributed by atoms with E-state index < -0.39 is 0 Å². The molecule has 1 aliphatic rings. The van der Waals surface area contributed by atoms with Gasteiger partial charge in [0.1, 0.15) is 0 Å². The van der Waals surface area contributed by atoms with Crippen molar-refractivity contribution in [1.82, 2.24) is 5.32 Å². The zero-order valence-electron chi connectivity index (χ0n) is 12.3. The van der Waals surface area contributed by atoms with Crippen LogP contribution in [0.25, 0.3) is 0 Å². The molecular weight excluding hydrogens is 238 g/mol. The van der Waals surface area contributed by atoms with Gasteiger partial charge in [-0.2, -0.15) is 11.8 Å². The molecule has 0 aromatic rings. The minimum Gasteiger partial charge on any atom is -0.313 e. The summed E-state index contributed by atoms with van der Waals surface area (Å²) in [6, 6.07) is 0.716. The van der Waals surface area contributed by atoms with Crippen LogP contribution in [0.1, 0.15) is 65.2 Å². The van der Waals surface area contributed by atoms with E-state index in [1.165, 1.54) is 63.7 Å². The standard InChI is InChI=1S/C16H31NS/c1-4-6-7-8-9-11-15(17-13-5-2)16(3)12-10-14-18-16/h4,15,17H,1,5-14H2,2-3H3. The van der Waals surface area contributed by atoms with Crippen molar-refractivity contribution in [2.75, 3.05) is 12.3 Å². The fourth-order valence-electron chi connectivity index (χ4n) is 2.83.